The minimum absolute atomic E-state index is 0.0519. The first-order chi connectivity index (χ1) is 14.0. The Morgan fingerprint density at radius 2 is 2.00 bits per heavy atom. The van der Waals surface area contributed by atoms with Gasteiger partial charge in [-0.25, -0.2) is 14.0 Å². The molecule has 0 bridgehead atoms. The van der Waals surface area contributed by atoms with Crippen molar-refractivity contribution in [1.29, 1.82) is 0 Å². The molecule has 0 saturated carbocycles. The number of amidine groups is 1. The Kier molecular flexibility index (Phi) is 6.53. The maximum atomic E-state index is 13.3. The van der Waals surface area contributed by atoms with Crippen molar-refractivity contribution in [3.8, 4) is 5.75 Å². The van der Waals surface area contributed by atoms with Gasteiger partial charge in [0.15, 0.2) is 11.5 Å². The van der Waals surface area contributed by atoms with Crippen molar-refractivity contribution in [2.24, 2.45) is 4.99 Å². The topological polar surface area (TPSA) is 110 Å². The lowest BCUT2D eigenvalue weighted by Gasteiger charge is -2.05. The van der Waals surface area contributed by atoms with Gasteiger partial charge in [0.2, 0.25) is 0 Å². The molecule has 0 aliphatic rings. The highest BCUT2D eigenvalue weighted by atomic mass is 35.5. The van der Waals surface area contributed by atoms with Crippen molar-refractivity contribution < 1.29 is 23.8 Å². The van der Waals surface area contributed by atoms with Gasteiger partial charge in [-0.2, -0.15) is 0 Å². The van der Waals surface area contributed by atoms with E-state index in [-0.39, 0.29) is 46.6 Å². The molecule has 0 aliphatic heterocycles. The minimum Gasteiger partial charge on any atom is -0.497 e. The molecule has 8 nitrogen and oxygen atoms in total. The van der Waals surface area contributed by atoms with Crippen LogP contribution in [-0.2, 0) is 17.6 Å². The lowest BCUT2D eigenvalue weighted by molar-refractivity contribution is -0.117. The Morgan fingerprint density at radius 1 is 1.24 bits per heavy atom. The monoisotopic (exact) mass is 418 g/mol. The molecular weight excluding hydrogens is 403 g/mol. The number of hydroxylamine groups is 1. The molecule has 2 aromatic carbocycles. The third kappa shape index (κ3) is 5.15. The zero-order valence-electron chi connectivity index (χ0n) is 15.2. The molecule has 0 amide bonds. The lowest BCUT2D eigenvalue weighted by atomic mass is 10.0. The van der Waals surface area contributed by atoms with E-state index in [4.69, 9.17) is 21.0 Å². The number of aromatic nitrogens is 2. The third-order valence-corrected chi connectivity index (χ3v) is 4.25. The first-order valence-electron chi connectivity index (χ1n) is 8.40. The smallest absolute Gasteiger partial charge is 0.182 e. The Labute approximate surface area is 169 Å². The molecule has 3 rings (SSSR count). The molecular formula is C19H16ClFN4O4. The van der Waals surface area contributed by atoms with Gasteiger partial charge in [-0.3, -0.25) is 15.5 Å². The summed E-state index contributed by atoms with van der Waals surface area (Å²) in [5, 5.41) is 16.7. The Bertz CT molecular complexity index is 1040. The summed E-state index contributed by atoms with van der Waals surface area (Å²) in [7, 11) is 1.56. The third-order valence-electron chi connectivity index (χ3n) is 3.96. The number of nitrogens with one attached hydrogen (secondary N) is 1. The Balaban J connectivity index is 1.76. The van der Waals surface area contributed by atoms with Crippen LogP contribution in [0.3, 0.4) is 0 Å². The largest absolute Gasteiger partial charge is 0.497 e. The fraction of sp³-hybridized carbons (Fsp3) is 0.158. The lowest BCUT2D eigenvalue weighted by Crippen LogP contribution is -2.23. The SMILES string of the molecule is COc1ccc(CC(=O)Cc2nonc2C(=Nc2ccc(F)c(Cl)c2)NO)cc1. The van der Waals surface area contributed by atoms with E-state index in [1.165, 1.54) is 12.1 Å². The Morgan fingerprint density at radius 3 is 2.66 bits per heavy atom. The molecule has 0 aliphatic carbocycles. The van der Waals surface area contributed by atoms with Gasteiger partial charge in [-0.15, -0.1) is 0 Å². The number of hydrogen-bond acceptors (Lipinski definition) is 7. The number of carbonyl (C=O) groups excluding carboxylic acids is 1. The summed E-state index contributed by atoms with van der Waals surface area (Å²) in [6.45, 7) is 0. The van der Waals surface area contributed by atoms with E-state index in [1.807, 2.05) is 5.48 Å². The highest BCUT2D eigenvalue weighted by Gasteiger charge is 2.19. The van der Waals surface area contributed by atoms with Crippen LogP contribution in [0.15, 0.2) is 52.1 Å². The van der Waals surface area contributed by atoms with Crippen LogP contribution in [0, 0.1) is 5.82 Å². The molecule has 0 saturated heterocycles. The van der Waals surface area contributed by atoms with Crippen molar-refractivity contribution >= 4 is 28.9 Å². The number of benzene rings is 2. The van der Waals surface area contributed by atoms with E-state index in [2.05, 4.69) is 15.3 Å². The summed E-state index contributed by atoms with van der Waals surface area (Å²) in [6, 6.07) is 10.9. The number of ketones is 1. The molecule has 0 fully saturated rings. The number of rotatable bonds is 7. The fourth-order valence-electron chi connectivity index (χ4n) is 2.54. The number of Topliss-reactive ketones (excluding diaryl/α,β-unsaturated/α-hetero) is 1. The second-order valence-electron chi connectivity index (χ2n) is 5.97. The van der Waals surface area contributed by atoms with Gasteiger partial charge in [-0.1, -0.05) is 28.9 Å². The van der Waals surface area contributed by atoms with Crippen LogP contribution in [0.2, 0.25) is 5.02 Å². The molecule has 29 heavy (non-hydrogen) atoms. The second kappa shape index (κ2) is 9.26. The zero-order valence-corrected chi connectivity index (χ0v) is 16.0. The summed E-state index contributed by atoms with van der Waals surface area (Å²) in [6.07, 6.45) is 0.0820. The predicted octanol–water partition coefficient (Wildman–Crippen LogP) is 3.28. The molecule has 2 N–H and O–H groups in total. The van der Waals surface area contributed by atoms with E-state index in [9.17, 15) is 14.4 Å². The number of aliphatic imine (C=N–C) groups is 1. The van der Waals surface area contributed by atoms with Crippen molar-refractivity contribution in [3.05, 3.63) is 70.3 Å². The van der Waals surface area contributed by atoms with Crippen LogP contribution in [0.4, 0.5) is 10.1 Å². The number of carbonyl (C=O) groups is 1. The van der Waals surface area contributed by atoms with E-state index < -0.39 is 5.82 Å². The normalized spacial score (nSPS) is 11.4. The molecule has 1 aromatic heterocycles. The van der Waals surface area contributed by atoms with Gasteiger partial charge in [0.1, 0.15) is 23.0 Å². The number of halogens is 2. The molecule has 0 unspecified atom stereocenters. The maximum absolute atomic E-state index is 13.3. The first kappa shape index (κ1) is 20.4. The summed E-state index contributed by atoms with van der Waals surface area (Å²) < 4.78 is 23.1. The summed E-state index contributed by atoms with van der Waals surface area (Å²) >= 11 is 5.74. The van der Waals surface area contributed by atoms with Gasteiger partial charge in [0, 0.05) is 6.42 Å². The van der Waals surface area contributed by atoms with Gasteiger partial charge >= 0.3 is 0 Å². The molecule has 10 heteroatoms. The van der Waals surface area contributed by atoms with Gasteiger partial charge < -0.3 is 4.74 Å². The summed E-state index contributed by atoms with van der Waals surface area (Å²) in [5.74, 6) is -0.174. The van der Waals surface area contributed by atoms with Crippen LogP contribution < -0.4 is 10.2 Å². The van der Waals surface area contributed by atoms with Crippen LogP contribution >= 0.6 is 11.6 Å². The van der Waals surface area contributed by atoms with E-state index >= 15 is 0 Å². The Hall–Kier alpha value is -3.30. The molecule has 150 valence electrons. The van der Waals surface area contributed by atoms with Crippen molar-refractivity contribution in [2.75, 3.05) is 7.11 Å². The maximum Gasteiger partial charge on any atom is 0.182 e. The average Bonchev–Trinajstić information content (AvgIpc) is 3.17. The van der Waals surface area contributed by atoms with Gasteiger partial charge in [0.05, 0.1) is 24.2 Å². The average molecular weight is 419 g/mol. The van der Waals surface area contributed by atoms with E-state index in [1.54, 1.807) is 31.4 Å². The molecule has 0 spiro atoms. The number of ether oxygens (including phenoxy) is 1. The van der Waals surface area contributed by atoms with E-state index in [0.29, 0.717) is 5.75 Å². The quantitative estimate of drug-likeness (QED) is 0.344. The fourth-order valence-corrected chi connectivity index (χ4v) is 2.71. The predicted molar refractivity (Wildman–Crippen MR) is 102 cm³/mol. The number of methoxy groups -OCH3 is 1. The number of nitrogens with zero attached hydrogens (tertiary/aromatic N) is 3. The van der Waals surface area contributed by atoms with Crippen LogP contribution in [0.5, 0.6) is 5.75 Å². The van der Waals surface area contributed by atoms with Crippen molar-refractivity contribution in [2.45, 2.75) is 12.8 Å². The zero-order chi connectivity index (χ0) is 20.8. The standard InChI is InChI=1S/C19H16ClFN4O4/c1-28-14-5-2-11(3-6-14)8-13(26)10-17-18(25-29-24-17)19(23-27)22-12-4-7-16(21)15(20)9-12/h2-7,9,27H,8,10H2,1H3,(H,22,23). The molecule has 1 heterocycles. The highest BCUT2D eigenvalue weighted by Crippen LogP contribution is 2.22. The number of hydrogen-bond donors (Lipinski definition) is 2. The highest BCUT2D eigenvalue weighted by molar-refractivity contribution is 6.31. The molecule has 3 aromatic rings. The van der Waals surface area contributed by atoms with Crippen molar-refractivity contribution in [1.82, 2.24) is 15.8 Å². The van der Waals surface area contributed by atoms with Crippen LogP contribution in [0.1, 0.15) is 17.0 Å². The first-order valence-corrected chi connectivity index (χ1v) is 8.78. The van der Waals surface area contributed by atoms with Crippen molar-refractivity contribution in [3.63, 3.8) is 0 Å². The van der Waals surface area contributed by atoms with Gasteiger partial charge in [0.25, 0.3) is 0 Å². The summed E-state index contributed by atoms with van der Waals surface area (Å²) in [5.41, 5.74) is 3.20. The van der Waals surface area contributed by atoms with Gasteiger partial charge in [-0.05, 0) is 41.1 Å². The second-order valence-corrected chi connectivity index (χ2v) is 6.38. The summed E-state index contributed by atoms with van der Waals surface area (Å²) in [4.78, 5) is 16.5. The van der Waals surface area contributed by atoms with Crippen LogP contribution in [0.25, 0.3) is 0 Å². The molecule has 0 radical (unpaired) electrons. The minimum atomic E-state index is -0.600. The molecule has 0 atom stereocenters. The van der Waals surface area contributed by atoms with Crippen LogP contribution in [-0.4, -0.2) is 34.2 Å². The van der Waals surface area contributed by atoms with E-state index in [0.717, 1.165) is 11.6 Å².